The van der Waals surface area contributed by atoms with Crippen LogP contribution in [0.4, 0.5) is 0 Å². The number of ether oxygens (including phenoxy) is 4. The predicted molar refractivity (Wildman–Crippen MR) is 61.8 cm³/mol. The zero-order valence-corrected chi connectivity index (χ0v) is 11.3. The first-order valence-electron chi connectivity index (χ1n) is 5.80. The maximum absolute atomic E-state index is 11.6. The standard InChI is InChI=1S/C12H10O10/c1-5-3-7(13)19-11(17,21-9(5)15)12(18)20-8(14)4-6(2)10(16)22-12/h3-4,17-18H,1-2H3. The van der Waals surface area contributed by atoms with Crippen LogP contribution in [-0.2, 0) is 38.1 Å². The molecule has 2 aliphatic rings. The second-order valence-corrected chi connectivity index (χ2v) is 4.44. The van der Waals surface area contributed by atoms with Crippen molar-refractivity contribution in [3.8, 4) is 0 Å². The van der Waals surface area contributed by atoms with Crippen molar-refractivity contribution in [3.05, 3.63) is 23.3 Å². The molecule has 2 heterocycles. The summed E-state index contributed by atoms with van der Waals surface area (Å²) in [5.74, 6) is -12.3. The largest absolute Gasteiger partial charge is 0.488 e. The number of cyclic esters (lactones) is 4. The molecular weight excluding hydrogens is 304 g/mol. The van der Waals surface area contributed by atoms with E-state index < -0.39 is 35.8 Å². The number of esters is 4. The van der Waals surface area contributed by atoms with Gasteiger partial charge < -0.3 is 29.2 Å². The van der Waals surface area contributed by atoms with Gasteiger partial charge in [-0.25, -0.2) is 19.2 Å². The van der Waals surface area contributed by atoms with Gasteiger partial charge in [0.2, 0.25) is 0 Å². The number of hydrogen-bond acceptors (Lipinski definition) is 10. The summed E-state index contributed by atoms with van der Waals surface area (Å²) in [6.45, 7) is 2.33. The van der Waals surface area contributed by atoms with E-state index in [1.54, 1.807) is 0 Å². The average molecular weight is 314 g/mol. The SMILES string of the molecule is CC1=CC(=O)OC(O)(C2(O)OC(=O)C=C(C)C(=O)O2)OC1=O. The molecule has 0 saturated heterocycles. The maximum Gasteiger partial charge on any atom is 0.488 e. The molecule has 0 aliphatic carbocycles. The van der Waals surface area contributed by atoms with Crippen LogP contribution in [0.5, 0.6) is 0 Å². The summed E-state index contributed by atoms with van der Waals surface area (Å²) >= 11 is 0. The van der Waals surface area contributed by atoms with Gasteiger partial charge in [-0.1, -0.05) is 0 Å². The Bertz CT molecular complexity index is 588. The highest BCUT2D eigenvalue weighted by atomic mass is 16.9. The first-order valence-corrected chi connectivity index (χ1v) is 5.80. The number of carbonyl (C=O) groups excluding carboxylic acids is 4. The van der Waals surface area contributed by atoms with Gasteiger partial charge in [0, 0.05) is 23.3 Å². The van der Waals surface area contributed by atoms with Crippen molar-refractivity contribution >= 4 is 23.9 Å². The van der Waals surface area contributed by atoms with Crippen LogP contribution in [-0.4, -0.2) is 46.0 Å². The molecule has 0 radical (unpaired) electrons. The maximum atomic E-state index is 11.6. The Hall–Kier alpha value is -2.72. The third-order valence-electron chi connectivity index (χ3n) is 2.65. The zero-order valence-electron chi connectivity index (χ0n) is 11.3. The molecule has 2 N–H and O–H groups in total. The summed E-state index contributed by atoms with van der Waals surface area (Å²) in [5.41, 5.74) is -0.546. The van der Waals surface area contributed by atoms with E-state index in [0.29, 0.717) is 12.2 Å². The highest BCUT2D eigenvalue weighted by molar-refractivity contribution is 5.98. The molecule has 2 atom stereocenters. The van der Waals surface area contributed by atoms with E-state index in [1.807, 2.05) is 0 Å². The highest BCUT2D eigenvalue weighted by Crippen LogP contribution is 2.33. The Morgan fingerprint density at radius 3 is 1.36 bits per heavy atom. The number of aliphatic hydroxyl groups is 2. The van der Waals surface area contributed by atoms with Crippen LogP contribution in [0.3, 0.4) is 0 Å². The quantitative estimate of drug-likeness (QED) is 0.541. The molecule has 0 aromatic rings. The molecule has 10 nitrogen and oxygen atoms in total. The molecule has 0 fully saturated rings. The number of rotatable bonds is 1. The van der Waals surface area contributed by atoms with Crippen LogP contribution < -0.4 is 0 Å². The lowest BCUT2D eigenvalue weighted by Crippen LogP contribution is -2.62. The topological polar surface area (TPSA) is 146 Å². The summed E-state index contributed by atoms with van der Waals surface area (Å²) in [4.78, 5) is 46.1. The van der Waals surface area contributed by atoms with Gasteiger partial charge in [0.1, 0.15) is 0 Å². The molecular formula is C12H10O10. The van der Waals surface area contributed by atoms with Gasteiger partial charge in [-0.3, -0.25) is 0 Å². The minimum atomic E-state index is -3.58. The highest BCUT2D eigenvalue weighted by Gasteiger charge is 2.67. The summed E-state index contributed by atoms with van der Waals surface area (Å²) in [7, 11) is 0. The molecule has 0 aromatic heterocycles. The van der Waals surface area contributed by atoms with Crippen molar-refractivity contribution in [1.29, 1.82) is 0 Å². The molecule has 118 valence electrons. The second kappa shape index (κ2) is 4.93. The van der Waals surface area contributed by atoms with Crippen LogP contribution in [0, 0.1) is 0 Å². The molecule has 0 saturated carbocycles. The predicted octanol–water partition coefficient (Wildman–Crippen LogP) is -1.63. The Morgan fingerprint density at radius 1 is 0.727 bits per heavy atom. The van der Waals surface area contributed by atoms with Gasteiger partial charge in [-0.2, -0.15) is 0 Å². The van der Waals surface area contributed by atoms with Crippen molar-refractivity contribution in [2.75, 3.05) is 0 Å². The Balaban J connectivity index is 2.44. The van der Waals surface area contributed by atoms with E-state index in [0.717, 1.165) is 13.8 Å². The molecule has 0 amide bonds. The fraction of sp³-hybridized carbons (Fsp3) is 0.333. The summed E-state index contributed by atoms with van der Waals surface area (Å²) in [6.07, 6.45) is 1.32. The van der Waals surface area contributed by atoms with Gasteiger partial charge in [-0.15, -0.1) is 0 Å². The lowest BCUT2D eigenvalue weighted by atomic mass is 10.3. The van der Waals surface area contributed by atoms with Crippen molar-refractivity contribution in [2.24, 2.45) is 0 Å². The molecule has 2 aliphatic heterocycles. The lowest BCUT2D eigenvalue weighted by molar-refractivity contribution is -0.500. The fourth-order valence-electron chi connectivity index (χ4n) is 1.51. The zero-order chi connectivity index (χ0) is 16.7. The minimum absolute atomic E-state index is 0.273. The molecule has 0 aromatic carbocycles. The third-order valence-corrected chi connectivity index (χ3v) is 2.65. The normalized spacial score (nSPS) is 32.5. The van der Waals surface area contributed by atoms with Crippen LogP contribution in [0.15, 0.2) is 23.3 Å². The Morgan fingerprint density at radius 2 is 1.05 bits per heavy atom. The number of carbonyl (C=O) groups is 4. The fourth-order valence-corrected chi connectivity index (χ4v) is 1.51. The van der Waals surface area contributed by atoms with E-state index in [9.17, 15) is 29.4 Å². The summed E-state index contributed by atoms with van der Waals surface area (Å²) in [6, 6.07) is 0. The van der Waals surface area contributed by atoms with Gasteiger partial charge in [-0.05, 0) is 13.8 Å². The smallest absolute Gasteiger partial charge is 0.386 e. The van der Waals surface area contributed by atoms with Crippen molar-refractivity contribution in [2.45, 2.75) is 25.8 Å². The van der Waals surface area contributed by atoms with Crippen LogP contribution in [0.25, 0.3) is 0 Å². The van der Waals surface area contributed by atoms with E-state index in [4.69, 9.17) is 0 Å². The second-order valence-electron chi connectivity index (χ2n) is 4.44. The van der Waals surface area contributed by atoms with E-state index in [-0.39, 0.29) is 11.1 Å². The first-order chi connectivity index (χ1) is 10.1. The monoisotopic (exact) mass is 314 g/mol. The van der Waals surface area contributed by atoms with Gasteiger partial charge in [0.05, 0.1) is 0 Å². The average Bonchev–Trinajstić information content (AvgIpc) is 2.52. The third kappa shape index (κ3) is 2.56. The minimum Gasteiger partial charge on any atom is -0.386 e. The number of hydrogen-bond donors (Lipinski definition) is 2. The van der Waals surface area contributed by atoms with E-state index >= 15 is 0 Å². The van der Waals surface area contributed by atoms with E-state index in [2.05, 4.69) is 18.9 Å². The molecule has 22 heavy (non-hydrogen) atoms. The van der Waals surface area contributed by atoms with Crippen LogP contribution in [0.2, 0.25) is 0 Å². The first kappa shape index (κ1) is 15.7. The van der Waals surface area contributed by atoms with E-state index in [1.165, 1.54) is 0 Å². The molecule has 10 heteroatoms. The van der Waals surface area contributed by atoms with Gasteiger partial charge >= 0.3 is 35.8 Å². The summed E-state index contributed by atoms with van der Waals surface area (Å²) < 4.78 is 17.5. The lowest BCUT2D eigenvalue weighted by Gasteiger charge is -2.35. The van der Waals surface area contributed by atoms with Crippen molar-refractivity contribution < 1.29 is 48.3 Å². The van der Waals surface area contributed by atoms with Crippen molar-refractivity contribution in [1.82, 2.24) is 0 Å². The van der Waals surface area contributed by atoms with Crippen LogP contribution >= 0.6 is 0 Å². The summed E-state index contributed by atoms with van der Waals surface area (Å²) in [5, 5.41) is 20.2. The molecule has 2 rings (SSSR count). The van der Waals surface area contributed by atoms with Gasteiger partial charge in [0.15, 0.2) is 0 Å². The van der Waals surface area contributed by atoms with Crippen molar-refractivity contribution in [3.63, 3.8) is 0 Å². The Kier molecular flexibility index (Phi) is 3.51. The van der Waals surface area contributed by atoms with Gasteiger partial charge in [0.25, 0.3) is 0 Å². The Labute approximate surface area is 122 Å². The molecule has 0 spiro atoms. The van der Waals surface area contributed by atoms with Crippen LogP contribution in [0.1, 0.15) is 13.8 Å². The molecule has 0 bridgehead atoms. The molecule has 2 unspecified atom stereocenters.